The fraction of sp³-hybridized carbons (Fsp3) is 0.125. The fourth-order valence-corrected chi connectivity index (χ4v) is 3.26. The molecule has 3 N–H and O–H groups in total. The molecule has 1 aromatic carbocycles. The van der Waals surface area contributed by atoms with E-state index in [0.29, 0.717) is 10.6 Å². The van der Waals surface area contributed by atoms with Gasteiger partial charge in [0.2, 0.25) is 0 Å². The van der Waals surface area contributed by atoms with Crippen molar-refractivity contribution in [2.24, 2.45) is 0 Å². The van der Waals surface area contributed by atoms with E-state index < -0.39 is 0 Å². The van der Waals surface area contributed by atoms with E-state index in [-0.39, 0.29) is 5.91 Å². The second-order valence-electron chi connectivity index (χ2n) is 4.92. The molecule has 2 aromatic heterocycles. The predicted molar refractivity (Wildman–Crippen MR) is 87.9 cm³/mol. The summed E-state index contributed by atoms with van der Waals surface area (Å²) in [7, 11) is 0. The van der Waals surface area contributed by atoms with Gasteiger partial charge in [0, 0.05) is 17.3 Å². The first-order valence-electron chi connectivity index (χ1n) is 6.58. The Morgan fingerprint density at radius 1 is 1.19 bits per heavy atom. The zero-order valence-electron chi connectivity index (χ0n) is 11.8. The maximum atomic E-state index is 12.5. The van der Waals surface area contributed by atoms with Crippen molar-refractivity contribution in [2.45, 2.75) is 13.8 Å². The molecule has 3 rings (SSSR count). The summed E-state index contributed by atoms with van der Waals surface area (Å²) in [6, 6.07) is 9.61. The van der Waals surface area contributed by atoms with Crippen LogP contribution in [0.15, 0.2) is 36.5 Å². The normalized spacial score (nSPS) is 10.8. The average Bonchev–Trinajstić information content (AvgIpc) is 2.81. The third-order valence-electron chi connectivity index (χ3n) is 3.43. The number of amides is 1. The topological polar surface area (TPSA) is 68.0 Å². The molecule has 0 aliphatic rings. The van der Waals surface area contributed by atoms with Crippen molar-refractivity contribution in [2.75, 3.05) is 11.1 Å². The summed E-state index contributed by atoms with van der Waals surface area (Å²) in [5.74, 6) is -0.187. The van der Waals surface area contributed by atoms with Crippen molar-refractivity contribution in [3.8, 4) is 0 Å². The number of carbonyl (C=O) groups is 1. The van der Waals surface area contributed by atoms with Gasteiger partial charge in [0.25, 0.3) is 5.91 Å². The van der Waals surface area contributed by atoms with Crippen LogP contribution >= 0.6 is 11.3 Å². The van der Waals surface area contributed by atoms with Gasteiger partial charge in [-0.15, -0.1) is 11.3 Å². The first-order valence-corrected chi connectivity index (χ1v) is 7.40. The molecule has 0 saturated heterocycles. The number of nitrogens with two attached hydrogens (primary N) is 1. The number of rotatable bonds is 2. The predicted octanol–water partition coefficient (Wildman–Crippen LogP) is 3.75. The van der Waals surface area contributed by atoms with Crippen LogP contribution in [0.4, 0.5) is 11.4 Å². The Morgan fingerprint density at radius 2 is 1.90 bits per heavy atom. The average molecular weight is 297 g/mol. The molecule has 0 bridgehead atoms. The molecule has 0 unspecified atom stereocenters. The fourth-order valence-electron chi connectivity index (χ4n) is 2.30. The van der Waals surface area contributed by atoms with E-state index in [9.17, 15) is 4.79 Å². The Morgan fingerprint density at radius 3 is 2.57 bits per heavy atom. The zero-order chi connectivity index (χ0) is 15.0. The molecule has 0 atom stereocenters. The third-order valence-corrected chi connectivity index (χ3v) is 4.56. The summed E-state index contributed by atoms with van der Waals surface area (Å²) in [4.78, 5) is 18.0. The molecule has 0 spiro atoms. The van der Waals surface area contributed by atoms with E-state index in [0.717, 1.165) is 27.0 Å². The maximum absolute atomic E-state index is 12.5. The molecule has 1 amide bonds. The Bertz CT molecular complexity index is 818. The molecular formula is C16H15N3OS. The number of nitrogen functional groups attached to an aromatic ring is 1. The Balaban J connectivity index is 2.00. The summed E-state index contributed by atoms with van der Waals surface area (Å²) in [6.07, 6.45) is 1.70. The number of anilines is 2. The number of pyridine rings is 1. The molecule has 4 nitrogen and oxygen atoms in total. The van der Waals surface area contributed by atoms with Crippen molar-refractivity contribution in [3.63, 3.8) is 0 Å². The maximum Gasteiger partial charge on any atom is 0.267 e. The highest BCUT2D eigenvalue weighted by Gasteiger charge is 2.18. The Hall–Kier alpha value is -2.40. The van der Waals surface area contributed by atoms with E-state index in [4.69, 9.17) is 5.73 Å². The molecule has 0 aliphatic carbocycles. The second kappa shape index (κ2) is 5.18. The monoisotopic (exact) mass is 297 g/mol. The highest BCUT2D eigenvalue weighted by Crippen LogP contribution is 2.33. The molecular weight excluding hydrogens is 282 g/mol. The van der Waals surface area contributed by atoms with Gasteiger partial charge in [0.05, 0.1) is 5.69 Å². The summed E-state index contributed by atoms with van der Waals surface area (Å²) in [6.45, 7) is 3.94. The SMILES string of the molecule is Cc1cccc(C)c1NC(=O)c1sc2ncccc2c1N. The van der Waals surface area contributed by atoms with Crippen LogP contribution in [0.3, 0.4) is 0 Å². The van der Waals surface area contributed by atoms with Gasteiger partial charge in [-0.25, -0.2) is 4.98 Å². The quantitative estimate of drug-likeness (QED) is 0.757. The van der Waals surface area contributed by atoms with Crippen LogP contribution in [0, 0.1) is 13.8 Å². The minimum atomic E-state index is -0.187. The molecule has 0 saturated carbocycles. The van der Waals surface area contributed by atoms with E-state index in [1.165, 1.54) is 11.3 Å². The number of thiophene rings is 1. The van der Waals surface area contributed by atoms with Crippen LogP contribution in [-0.2, 0) is 0 Å². The largest absolute Gasteiger partial charge is 0.397 e. The molecule has 3 aromatic rings. The third kappa shape index (κ3) is 2.36. The van der Waals surface area contributed by atoms with Crippen LogP contribution in [0.2, 0.25) is 0 Å². The summed E-state index contributed by atoms with van der Waals surface area (Å²) < 4.78 is 0. The smallest absolute Gasteiger partial charge is 0.267 e. The highest BCUT2D eigenvalue weighted by atomic mass is 32.1. The summed E-state index contributed by atoms with van der Waals surface area (Å²) in [5.41, 5.74) is 9.47. The van der Waals surface area contributed by atoms with Gasteiger partial charge in [0.1, 0.15) is 9.71 Å². The molecule has 21 heavy (non-hydrogen) atoms. The standard InChI is InChI=1S/C16H15N3OS/c1-9-5-3-6-10(2)13(9)19-15(20)14-12(17)11-7-4-8-18-16(11)21-14/h3-8H,17H2,1-2H3,(H,19,20). The molecule has 0 aliphatic heterocycles. The van der Waals surface area contributed by atoms with Crippen LogP contribution in [0.5, 0.6) is 0 Å². The van der Waals surface area contributed by atoms with Crippen molar-refractivity contribution in [1.29, 1.82) is 0 Å². The highest BCUT2D eigenvalue weighted by molar-refractivity contribution is 7.21. The van der Waals surface area contributed by atoms with Crippen molar-refractivity contribution in [1.82, 2.24) is 4.98 Å². The number of fused-ring (bicyclic) bond motifs is 1. The van der Waals surface area contributed by atoms with Crippen molar-refractivity contribution >= 4 is 38.8 Å². The second-order valence-corrected chi connectivity index (χ2v) is 5.92. The van der Waals surface area contributed by atoms with Crippen molar-refractivity contribution < 1.29 is 4.79 Å². The van der Waals surface area contributed by atoms with E-state index >= 15 is 0 Å². The number of nitrogens with zero attached hydrogens (tertiary/aromatic N) is 1. The summed E-state index contributed by atoms with van der Waals surface area (Å²) >= 11 is 1.31. The Labute approximate surface area is 126 Å². The number of para-hydroxylation sites is 1. The van der Waals surface area contributed by atoms with Gasteiger partial charge in [-0.1, -0.05) is 18.2 Å². The first kappa shape index (κ1) is 13.6. The van der Waals surface area contributed by atoms with Crippen LogP contribution < -0.4 is 11.1 Å². The number of hydrogen-bond donors (Lipinski definition) is 2. The van der Waals surface area contributed by atoms with E-state index in [2.05, 4.69) is 10.3 Å². The van der Waals surface area contributed by atoms with Gasteiger partial charge in [-0.3, -0.25) is 4.79 Å². The van der Waals surface area contributed by atoms with Crippen LogP contribution in [0.1, 0.15) is 20.8 Å². The minimum Gasteiger partial charge on any atom is -0.397 e. The van der Waals surface area contributed by atoms with E-state index in [1.807, 2.05) is 44.2 Å². The first-order chi connectivity index (χ1) is 10.1. The van der Waals surface area contributed by atoms with Crippen LogP contribution in [0.25, 0.3) is 10.2 Å². The van der Waals surface area contributed by atoms with Gasteiger partial charge in [0.15, 0.2) is 0 Å². The molecule has 0 radical (unpaired) electrons. The Kier molecular flexibility index (Phi) is 3.35. The van der Waals surface area contributed by atoms with Gasteiger partial charge in [-0.2, -0.15) is 0 Å². The van der Waals surface area contributed by atoms with Crippen molar-refractivity contribution in [3.05, 3.63) is 52.5 Å². The number of nitrogens with one attached hydrogen (secondary N) is 1. The lowest BCUT2D eigenvalue weighted by Gasteiger charge is -2.10. The number of aryl methyl sites for hydroxylation is 2. The molecule has 0 fully saturated rings. The minimum absolute atomic E-state index is 0.187. The lowest BCUT2D eigenvalue weighted by molar-refractivity contribution is 0.103. The van der Waals surface area contributed by atoms with E-state index in [1.54, 1.807) is 6.20 Å². The van der Waals surface area contributed by atoms with Crippen LogP contribution in [-0.4, -0.2) is 10.9 Å². The number of benzene rings is 1. The van der Waals surface area contributed by atoms with Gasteiger partial charge in [-0.05, 0) is 37.1 Å². The lowest BCUT2D eigenvalue weighted by atomic mass is 10.1. The summed E-state index contributed by atoms with van der Waals surface area (Å²) in [5, 5.41) is 3.79. The lowest BCUT2D eigenvalue weighted by Crippen LogP contribution is -2.13. The number of hydrogen-bond acceptors (Lipinski definition) is 4. The number of aromatic nitrogens is 1. The van der Waals surface area contributed by atoms with Gasteiger partial charge >= 0.3 is 0 Å². The zero-order valence-corrected chi connectivity index (χ0v) is 12.6. The molecule has 106 valence electrons. The molecule has 5 heteroatoms. The van der Waals surface area contributed by atoms with Gasteiger partial charge < -0.3 is 11.1 Å². The molecule has 2 heterocycles. The number of carbonyl (C=O) groups excluding carboxylic acids is 1.